The molecule has 0 fully saturated rings. The number of rotatable bonds is 2. The van der Waals surface area contributed by atoms with Crippen LogP contribution < -0.4 is 15.8 Å². The molecule has 0 spiro atoms. The van der Waals surface area contributed by atoms with E-state index in [0.29, 0.717) is 5.69 Å². The lowest BCUT2D eigenvalue weighted by atomic mass is 10.3. The van der Waals surface area contributed by atoms with Crippen LogP contribution in [0.1, 0.15) is 0 Å². The van der Waals surface area contributed by atoms with Gasteiger partial charge in [0.2, 0.25) is 0 Å². The maximum Gasteiger partial charge on any atom is 0.573 e. The van der Waals surface area contributed by atoms with Gasteiger partial charge in [0.05, 0.1) is 5.02 Å². The van der Waals surface area contributed by atoms with Gasteiger partial charge in [-0.15, -0.1) is 13.2 Å². The first-order valence-corrected chi connectivity index (χ1v) is 4.68. The van der Waals surface area contributed by atoms with Crippen molar-refractivity contribution in [3.63, 3.8) is 0 Å². The Balaban J connectivity index is 2.87. The summed E-state index contributed by atoms with van der Waals surface area (Å²) in [6.45, 7) is 0. The van der Waals surface area contributed by atoms with Gasteiger partial charge in [-0.25, -0.2) is 0 Å². The lowest BCUT2D eigenvalue weighted by Gasteiger charge is -2.11. The van der Waals surface area contributed by atoms with Gasteiger partial charge in [0.25, 0.3) is 0 Å². The number of nitrogens with two attached hydrogens (primary N) is 1. The van der Waals surface area contributed by atoms with E-state index < -0.39 is 12.1 Å². The Kier molecular flexibility index (Phi) is 3.82. The summed E-state index contributed by atoms with van der Waals surface area (Å²) in [7, 11) is 0. The topological polar surface area (TPSA) is 47.3 Å². The van der Waals surface area contributed by atoms with Crippen LogP contribution in [0, 0.1) is 0 Å². The summed E-state index contributed by atoms with van der Waals surface area (Å²) >= 11 is 10.1. The van der Waals surface area contributed by atoms with Crippen molar-refractivity contribution in [2.75, 3.05) is 5.32 Å². The van der Waals surface area contributed by atoms with Gasteiger partial charge in [0, 0.05) is 5.69 Å². The highest BCUT2D eigenvalue weighted by Crippen LogP contribution is 2.31. The standard InChI is InChI=1S/C8H6ClF3N2OS/c9-5-3-4(14-7(13)16)1-2-6(5)15-8(10,11)12/h1-3H,(H3,13,14,16). The Morgan fingerprint density at radius 2 is 2.06 bits per heavy atom. The van der Waals surface area contributed by atoms with Crippen molar-refractivity contribution in [3.8, 4) is 5.75 Å². The summed E-state index contributed by atoms with van der Waals surface area (Å²) < 4.78 is 39.4. The smallest absolute Gasteiger partial charge is 0.404 e. The van der Waals surface area contributed by atoms with E-state index in [1.807, 2.05) is 0 Å². The SMILES string of the molecule is NC(=S)Nc1ccc(OC(F)(F)F)c(Cl)c1. The molecule has 88 valence electrons. The number of nitrogens with one attached hydrogen (secondary N) is 1. The Morgan fingerprint density at radius 3 is 2.50 bits per heavy atom. The van der Waals surface area contributed by atoms with Gasteiger partial charge in [-0.3, -0.25) is 0 Å². The third-order valence-corrected chi connectivity index (χ3v) is 1.82. The van der Waals surface area contributed by atoms with Crippen LogP contribution in [0.3, 0.4) is 0 Å². The monoisotopic (exact) mass is 270 g/mol. The van der Waals surface area contributed by atoms with E-state index in [1.54, 1.807) is 0 Å². The number of anilines is 1. The van der Waals surface area contributed by atoms with E-state index in [1.165, 1.54) is 12.1 Å². The van der Waals surface area contributed by atoms with E-state index in [0.717, 1.165) is 6.07 Å². The molecule has 0 saturated carbocycles. The summed E-state index contributed by atoms with van der Waals surface area (Å²) in [5.74, 6) is -0.484. The second-order valence-corrected chi connectivity index (χ2v) is 3.53. The lowest BCUT2D eigenvalue weighted by Crippen LogP contribution is -2.19. The van der Waals surface area contributed by atoms with E-state index >= 15 is 0 Å². The fourth-order valence-electron chi connectivity index (χ4n) is 0.928. The zero-order valence-corrected chi connectivity index (χ0v) is 9.21. The normalized spacial score (nSPS) is 11.0. The molecule has 0 aliphatic heterocycles. The van der Waals surface area contributed by atoms with Crippen molar-refractivity contribution in [2.24, 2.45) is 5.73 Å². The number of hydrogen-bond donors (Lipinski definition) is 2. The lowest BCUT2D eigenvalue weighted by molar-refractivity contribution is -0.274. The molecule has 3 N–H and O–H groups in total. The molecule has 0 saturated heterocycles. The molecule has 8 heteroatoms. The van der Waals surface area contributed by atoms with Gasteiger partial charge in [0.1, 0.15) is 5.75 Å². The van der Waals surface area contributed by atoms with Crippen LogP contribution in [0.4, 0.5) is 18.9 Å². The second kappa shape index (κ2) is 4.75. The molecule has 0 atom stereocenters. The highest BCUT2D eigenvalue weighted by Gasteiger charge is 2.31. The molecule has 0 aliphatic carbocycles. The molecule has 1 rings (SSSR count). The quantitative estimate of drug-likeness (QED) is 0.811. The van der Waals surface area contributed by atoms with Crippen LogP contribution in [0.2, 0.25) is 5.02 Å². The minimum atomic E-state index is -4.78. The van der Waals surface area contributed by atoms with Gasteiger partial charge < -0.3 is 15.8 Å². The van der Waals surface area contributed by atoms with Crippen molar-refractivity contribution in [1.29, 1.82) is 0 Å². The van der Waals surface area contributed by atoms with Gasteiger partial charge in [-0.1, -0.05) is 11.6 Å². The highest BCUT2D eigenvalue weighted by molar-refractivity contribution is 7.80. The van der Waals surface area contributed by atoms with Gasteiger partial charge >= 0.3 is 6.36 Å². The number of alkyl halides is 3. The number of thiocarbonyl (C=S) groups is 1. The number of ether oxygens (including phenoxy) is 1. The summed E-state index contributed by atoms with van der Waals surface area (Å²) in [5.41, 5.74) is 5.56. The van der Waals surface area contributed by atoms with Crippen molar-refractivity contribution in [3.05, 3.63) is 23.2 Å². The first-order chi connectivity index (χ1) is 7.28. The molecule has 0 unspecified atom stereocenters. The zero-order valence-electron chi connectivity index (χ0n) is 7.64. The third-order valence-electron chi connectivity index (χ3n) is 1.43. The molecule has 1 aromatic rings. The molecule has 16 heavy (non-hydrogen) atoms. The number of benzene rings is 1. The highest BCUT2D eigenvalue weighted by atomic mass is 35.5. The van der Waals surface area contributed by atoms with E-state index in [-0.39, 0.29) is 10.1 Å². The molecular weight excluding hydrogens is 265 g/mol. The Morgan fingerprint density at radius 1 is 1.44 bits per heavy atom. The maximum atomic E-state index is 11.9. The van der Waals surface area contributed by atoms with Crippen LogP contribution >= 0.6 is 23.8 Å². The zero-order chi connectivity index (χ0) is 12.3. The molecule has 0 bridgehead atoms. The Hall–Kier alpha value is -1.21. The number of hydrogen-bond acceptors (Lipinski definition) is 2. The minimum absolute atomic E-state index is 0.0134. The van der Waals surface area contributed by atoms with E-state index in [2.05, 4.69) is 22.3 Å². The van der Waals surface area contributed by atoms with Crippen molar-refractivity contribution in [2.45, 2.75) is 6.36 Å². The van der Waals surface area contributed by atoms with E-state index in [4.69, 9.17) is 17.3 Å². The van der Waals surface area contributed by atoms with Crippen molar-refractivity contribution < 1.29 is 17.9 Å². The molecular formula is C8H6ClF3N2OS. The summed E-state index contributed by atoms with van der Waals surface area (Å²) in [6, 6.07) is 3.60. The molecule has 0 heterocycles. The van der Waals surface area contributed by atoms with Gasteiger partial charge in [-0.05, 0) is 30.4 Å². The molecule has 1 aromatic carbocycles. The Labute approximate surface area is 99.3 Å². The van der Waals surface area contributed by atoms with Crippen LogP contribution in [0.25, 0.3) is 0 Å². The van der Waals surface area contributed by atoms with E-state index in [9.17, 15) is 13.2 Å². The summed E-state index contributed by atoms with van der Waals surface area (Å²) in [4.78, 5) is 0. The first kappa shape index (κ1) is 12.9. The molecule has 0 aliphatic rings. The fraction of sp³-hybridized carbons (Fsp3) is 0.125. The predicted octanol–water partition coefficient (Wildman–Crippen LogP) is 2.89. The molecule has 0 radical (unpaired) electrons. The van der Waals surface area contributed by atoms with Gasteiger partial charge in [-0.2, -0.15) is 0 Å². The Bertz CT molecular complexity index is 411. The van der Waals surface area contributed by atoms with Crippen molar-refractivity contribution >= 4 is 34.6 Å². The average Bonchev–Trinajstić information content (AvgIpc) is 2.06. The van der Waals surface area contributed by atoms with Crippen LogP contribution in [-0.4, -0.2) is 11.5 Å². The van der Waals surface area contributed by atoms with Crippen LogP contribution in [0.15, 0.2) is 18.2 Å². The van der Waals surface area contributed by atoms with Gasteiger partial charge in [0.15, 0.2) is 5.11 Å². The molecule has 3 nitrogen and oxygen atoms in total. The molecule has 0 aromatic heterocycles. The maximum absolute atomic E-state index is 11.9. The summed E-state index contributed by atoms with van der Waals surface area (Å²) in [6.07, 6.45) is -4.78. The van der Waals surface area contributed by atoms with Crippen LogP contribution in [-0.2, 0) is 0 Å². The number of halogens is 4. The first-order valence-electron chi connectivity index (χ1n) is 3.90. The van der Waals surface area contributed by atoms with Crippen LogP contribution in [0.5, 0.6) is 5.75 Å². The fourth-order valence-corrected chi connectivity index (χ4v) is 1.27. The largest absolute Gasteiger partial charge is 0.573 e. The average molecular weight is 271 g/mol. The second-order valence-electron chi connectivity index (χ2n) is 2.68. The minimum Gasteiger partial charge on any atom is -0.404 e. The predicted molar refractivity (Wildman–Crippen MR) is 58.5 cm³/mol. The molecule has 0 amide bonds. The third kappa shape index (κ3) is 4.11. The summed E-state index contributed by atoms with van der Waals surface area (Å²) in [5, 5.41) is 2.31. The van der Waals surface area contributed by atoms with Crippen molar-refractivity contribution in [1.82, 2.24) is 0 Å².